The molecule has 132 valence electrons. The fraction of sp³-hybridized carbons (Fsp3) is 0.611. The van der Waals surface area contributed by atoms with E-state index in [4.69, 9.17) is 9.47 Å². The highest BCUT2D eigenvalue weighted by atomic mass is 19.1. The molecule has 2 unspecified atom stereocenters. The highest BCUT2D eigenvalue weighted by Crippen LogP contribution is 2.21. The Morgan fingerprint density at radius 2 is 2.12 bits per heavy atom. The quantitative estimate of drug-likeness (QED) is 0.673. The predicted octanol–water partition coefficient (Wildman–Crippen LogP) is 1.82. The Hall–Kier alpha value is -1.66. The first-order valence-corrected chi connectivity index (χ1v) is 8.70. The number of rotatable bonds is 4. The molecule has 0 radical (unpaired) electrons. The minimum atomic E-state index is -0.154. The molecule has 24 heavy (non-hydrogen) atoms. The van der Waals surface area contributed by atoms with Crippen LogP contribution in [0, 0.1) is 5.82 Å². The van der Waals surface area contributed by atoms with E-state index in [2.05, 4.69) is 15.2 Å². The lowest BCUT2D eigenvalue weighted by atomic mass is 10.1. The standard InChI is InChI=1S/C18H26FN3O2/c1-20-18(21-9-8-14-5-2-3-6-15(14)19)22-10-12-24-17(13-22)16-7-4-11-23-16/h2-3,5-6,16-17H,4,7-13H2,1H3,(H,20,21). The minimum Gasteiger partial charge on any atom is -0.375 e. The average Bonchev–Trinajstić information content (AvgIpc) is 3.15. The maximum atomic E-state index is 13.7. The Bertz CT molecular complexity index is 561. The maximum absolute atomic E-state index is 13.7. The summed E-state index contributed by atoms with van der Waals surface area (Å²) in [6.45, 7) is 3.75. The topological polar surface area (TPSA) is 46.1 Å². The van der Waals surface area contributed by atoms with E-state index in [0.717, 1.165) is 44.1 Å². The van der Waals surface area contributed by atoms with Crippen molar-refractivity contribution < 1.29 is 13.9 Å². The smallest absolute Gasteiger partial charge is 0.193 e. The molecule has 6 heteroatoms. The van der Waals surface area contributed by atoms with Crippen LogP contribution in [0.3, 0.4) is 0 Å². The second-order valence-electron chi connectivity index (χ2n) is 6.22. The third-order valence-electron chi connectivity index (χ3n) is 4.62. The van der Waals surface area contributed by atoms with Crippen LogP contribution >= 0.6 is 0 Å². The molecule has 2 saturated heterocycles. The molecule has 0 saturated carbocycles. The Morgan fingerprint density at radius 3 is 2.88 bits per heavy atom. The molecule has 2 aliphatic heterocycles. The molecule has 0 amide bonds. The molecule has 1 N–H and O–H groups in total. The SMILES string of the molecule is CN=C(NCCc1ccccc1F)N1CCOC(C2CCCO2)C1. The Balaban J connectivity index is 1.51. The third kappa shape index (κ3) is 4.24. The van der Waals surface area contributed by atoms with Gasteiger partial charge in [0.1, 0.15) is 11.9 Å². The summed E-state index contributed by atoms with van der Waals surface area (Å²) in [5, 5.41) is 3.34. The van der Waals surface area contributed by atoms with Crippen LogP contribution < -0.4 is 5.32 Å². The summed E-state index contributed by atoms with van der Waals surface area (Å²) < 4.78 is 25.3. The molecular formula is C18H26FN3O2. The largest absolute Gasteiger partial charge is 0.375 e. The molecule has 5 nitrogen and oxygen atoms in total. The van der Waals surface area contributed by atoms with Gasteiger partial charge in [-0.2, -0.15) is 0 Å². The van der Waals surface area contributed by atoms with Gasteiger partial charge < -0.3 is 19.7 Å². The lowest BCUT2D eigenvalue weighted by Crippen LogP contribution is -2.53. The molecule has 0 aliphatic carbocycles. The van der Waals surface area contributed by atoms with Crippen LogP contribution in [-0.2, 0) is 15.9 Å². The second kappa shape index (κ2) is 8.44. The normalized spacial score (nSPS) is 25.1. The van der Waals surface area contributed by atoms with Gasteiger partial charge in [-0.1, -0.05) is 18.2 Å². The number of halogens is 1. The summed E-state index contributed by atoms with van der Waals surface area (Å²) in [6.07, 6.45) is 3.11. The number of nitrogens with one attached hydrogen (secondary N) is 1. The van der Waals surface area contributed by atoms with E-state index < -0.39 is 0 Å². The Labute approximate surface area is 142 Å². The van der Waals surface area contributed by atoms with Crippen molar-refractivity contribution in [2.24, 2.45) is 4.99 Å². The number of hydrogen-bond donors (Lipinski definition) is 1. The fourth-order valence-corrected chi connectivity index (χ4v) is 3.33. The number of nitrogens with zero attached hydrogens (tertiary/aromatic N) is 2. The minimum absolute atomic E-state index is 0.103. The van der Waals surface area contributed by atoms with Crippen LogP contribution in [0.25, 0.3) is 0 Å². The average molecular weight is 335 g/mol. The number of ether oxygens (including phenoxy) is 2. The molecule has 2 fully saturated rings. The number of benzene rings is 1. The van der Waals surface area contributed by atoms with Crippen LogP contribution in [0.2, 0.25) is 0 Å². The van der Waals surface area contributed by atoms with Gasteiger partial charge in [-0.25, -0.2) is 4.39 Å². The van der Waals surface area contributed by atoms with Gasteiger partial charge in [0.2, 0.25) is 0 Å². The molecule has 2 atom stereocenters. The van der Waals surface area contributed by atoms with Crippen molar-refractivity contribution in [2.45, 2.75) is 31.5 Å². The van der Waals surface area contributed by atoms with E-state index in [-0.39, 0.29) is 18.0 Å². The van der Waals surface area contributed by atoms with Crippen LogP contribution in [0.1, 0.15) is 18.4 Å². The van der Waals surface area contributed by atoms with E-state index in [1.807, 2.05) is 12.1 Å². The Morgan fingerprint density at radius 1 is 1.29 bits per heavy atom. The van der Waals surface area contributed by atoms with E-state index in [1.54, 1.807) is 13.1 Å². The first-order chi connectivity index (χ1) is 11.8. The number of guanidine groups is 1. The van der Waals surface area contributed by atoms with Gasteiger partial charge in [-0.15, -0.1) is 0 Å². The lowest BCUT2D eigenvalue weighted by molar-refractivity contribution is -0.0816. The van der Waals surface area contributed by atoms with Crippen molar-refractivity contribution in [3.05, 3.63) is 35.6 Å². The van der Waals surface area contributed by atoms with Gasteiger partial charge in [0.05, 0.1) is 12.7 Å². The van der Waals surface area contributed by atoms with Crippen LogP contribution in [0.4, 0.5) is 4.39 Å². The number of hydrogen-bond acceptors (Lipinski definition) is 3. The first kappa shape index (κ1) is 17.2. The van der Waals surface area contributed by atoms with E-state index >= 15 is 0 Å². The van der Waals surface area contributed by atoms with Crippen molar-refractivity contribution in [2.75, 3.05) is 39.9 Å². The van der Waals surface area contributed by atoms with Gasteiger partial charge in [0.15, 0.2) is 5.96 Å². The van der Waals surface area contributed by atoms with Crippen molar-refractivity contribution in [1.29, 1.82) is 0 Å². The zero-order valence-corrected chi connectivity index (χ0v) is 14.2. The van der Waals surface area contributed by atoms with Crippen molar-refractivity contribution in [1.82, 2.24) is 10.2 Å². The zero-order chi connectivity index (χ0) is 16.8. The summed E-state index contributed by atoms with van der Waals surface area (Å²) in [4.78, 5) is 6.57. The van der Waals surface area contributed by atoms with Gasteiger partial charge in [0, 0.05) is 33.3 Å². The highest BCUT2D eigenvalue weighted by molar-refractivity contribution is 5.80. The van der Waals surface area contributed by atoms with Crippen LogP contribution in [0.15, 0.2) is 29.3 Å². The van der Waals surface area contributed by atoms with Gasteiger partial charge >= 0.3 is 0 Å². The van der Waals surface area contributed by atoms with Crippen LogP contribution in [-0.4, -0.2) is 63.0 Å². The predicted molar refractivity (Wildman–Crippen MR) is 91.8 cm³/mol. The zero-order valence-electron chi connectivity index (χ0n) is 14.2. The molecule has 0 aromatic heterocycles. The molecule has 0 spiro atoms. The van der Waals surface area contributed by atoms with Crippen molar-refractivity contribution in [3.8, 4) is 0 Å². The summed E-state index contributed by atoms with van der Waals surface area (Å²) in [5.74, 6) is 0.691. The summed E-state index contributed by atoms with van der Waals surface area (Å²) in [5.41, 5.74) is 0.722. The lowest BCUT2D eigenvalue weighted by Gasteiger charge is -2.37. The Kier molecular flexibility index (Phi) is 6.04. The van der Waals surface area contributed by atoms with Gasteiger partial charge in [-0.3, -0.25) is 4.99 Å². The van der Waals surface area contributed by atoms with Gasteiger partial charge in [0.25, 0.3) is 0 Å². The number of aliphatic imine (C=N–C) groups is 1. The highest BCUT2D eigenvalue weighted by Gasteiger charge is 2.32. The number of morpholine rings is 1. The molecule has 2 heterocycles. The monoisotopic (exact) mass is 335 g/mol. The first-order valence-electron chi connectivity index (χ1n) is 8.70. The molecule has 0 bridgehead atoms. The van der Waals surface area contributed by atoms with Crippen molar-refractivity contribution in [3.63, 3.8) is 0 Å². The summed E-state index contributed by atoms with van der Waals surface area (Å²) in [7, 11) is 1.78. The third-order valence-corrected chi connectivity index (χ3v) is 4.62. The van der Waals surface area contributed by atoms with E-state index in [0.29, 0.717) is 19.6 Å². The molecule has 3 rings (SSSR count). The van der Waals surface area contributed by atoms with Gasteiger partial charge in [-0.05, 0) is 30.9 Å². The molecule has 1 aromatic rings. The molecule has 1 aromatic carbocycles. The van der Waals surface area contributed by atoms with E-state index in [9.17, 15) is 4.39 Å². The van der Waals surface area contributed by atoms with Crippen molar-refractivity contribution >= 4 is 5.96 Å². The maximum Gasteiger partial charge on any atom is 0.193 e. The summed E-state index contributed by atoms with van der Waals surface area (Å²) in [6, 6.07) is 6.89. The van der Waals surface area contributed by atoms with E-state index in [1.165, 1.54) is 6.07 Å². The van der Waals surface area contributed by atoms with Crippen LogP contribution in [0.5, 0.6) is 0 Å². The molecule has 2 aliphatic rings. The second-order valence-corrected chi connectivity index (χ2v) is 6.22. The summed E-state index contributed by atoms with van der Waals surface area (Å²) >= 11 is 0. The molecular weight excluding hydrogens is 309 g/mol. The fourth-order valence-electron chi connectivity index (χ4n) is 3.33.